The Morgan fingerprint density at radius 3 is 2.20 bits per heavy atom. The second-order valence-corrected chi connectivity index (χ2v) is 6.18. The molecule has 2 aromatic rings. The van der Waals surface area contributed by atoms with E-state index in [-0.39, 0.29) is 11.8 Å². The fraction of sp³-hybridized carbons (Fsp3) is 0.471. The van der Waals surface area contributed by atoms with Crippen molar-refractivity contribution in [3.05, 3.63) is 10.6 Å². The smallest absolute Gasteiger partial charge is 0.222 e. The van der Waals surface area contributed by atoms with Gasteiger partial charge in [-0.25, -0.2) is 4.98 Å². The SMILES string of the molecule is CCCCNc1c(C#N)c(NCCCC)c2c(N)nc(N)nc2c1Cl. The molecule has 0 aliphatic rings. The lowest BCUT2D eigenvalue weighted by Crippen LogP contribution is -2.11. The minimum absolute atomic E-state index is 0.0515. The van der Waals surface area contributed by atoms with Crippen molar-refractivity contribution >= 4 is 45.6 Å². The van der Waals surface area contributed by atoms with Crippen molar-refractivity contribution in [2.75, 3.05) is 35.2 Å². The maximum absolute atomic E-state index is 9.75. The van der Waals surface area contributed by atoms with Gasteiger partial charge in [-0.3, -0.25) is 0 Å². The molecule has 0 bridgehead atoms. The largest absolute Gasteiger partial charge is 0.383 e. The van der Waals surface area contributed by atoms with E-state index in [4.69, 9.17) is 23.1 Å². The first-order valence-corrected chi connectivity index (χ1v) is 8.88. The molecule has 8 heteroatoms. The monoisotopic (exact) mass is 361 g/mol. The van der Waals surface area contributed by atoms with Gasteiger partial charge in [-0.15, -0.1) is 0 Å². The van der Waals surface area contributed by atoms with Gasteiger partial charge in [0, 0.05) is 13.1 Å². The van der Waals surface area contributed by atoms with E-state index < -0.39 is 0 Å². The lowest BCUT2D eigenvalue weighted by atomic mass is 10.0. The third kappa shape index (κ3) is 3.97. The summed E-state index contributed by atoms with van der Waals surface area (Å²) in [4.78, 5) is 8.28. The second kappa shape index (κ2) is 8.58. The van der Waals surface area contributed by atoms with Crippen molar-refractivity contribution < 1.29 is 0 Å². The number of anilines is 4. The van der Waals surface area contributed by atoms with Crippen LogP contribution < -0.4 is 22.1 Å². The topological polar surface area (TPSA) is 126 Å². The van der Waals surface area contributed by atoms with Crippen LogP contribution in [0.3, 0.4) is 0 Å². The lowest BCUT2D eigenvalue weighted by Gasteiger charge is -2.19. The highest BCUT2D eigenvalue weighted by Gasteiger charge is 2.22. The molecule has 1 heterocycles. The summed E-state index contributed by atoms with van der Waals surface area (Å²) in [5.74, 6) is 0.260. The van der Waals surface area contributed by atoms with Gasteiger partial charge >= 0.3 is 0 Å². The van der Waals surface area contributed by atoms with Crippen LogP contribution >= 0.6 is 11.6 Å². The fourth-order valence-corrected chi connectivity index (χ4v) is 2.91. The number of hydrogen-bond acceptors (Lipinski definition) is 7. The third-order valence-electron chi connectivity index (χ3n) is 3.91. The zero-order valence-corrected chi connectivity index (χ0v) is 15.4. The Labute approximate surface area is 152 Å². The summed E-state index contributed by atoms with van der Waals surface area (Å²) in [6.45, 7) is 5.62. The second-order valence-electron chi connectivity index (χ2n) is 5.80. The summed E-state index contributed by atoms with van der Waals surface area (Å²) in [7, 11) is 0. The standard InChI is InChI=1S/C17H24ClN7/c1-3-5-7-22-13-10(9-19)14(23-8-6-4-2)12(18)15-11(13)16(20)25-17(21)24-15/h22-23H,3-8H2,1-2H3,(H4,20,21,24,25). The van der Waals surface area contributed by atoms with Crippen molar-refractivity contribution in [2.45, 2.75) is 39.5 Å². The molecule has 0 aliphatic carbocycles. The lowest BCUT2D eigenvalue weighted by molar-refractivity contribution is 0.832. The Hall–Kier alpha value is -2.46. The molecule has 6 N–H and O–H groups in total. The van der Waals surface area contributed by atoms with E-state index in [9.17, 15) is 5.26 Å². The van der Waals surface area contributed by atoms with E-state index in [0.29, 0.717) is 46.0 Å². The van der Waals surface area contributed by atoms with Crippen molar-refractivity contribution in [2.24, 2.45) is 0 Å². The summed E-state index contributed by atoms with van der Waals surface area (Å²) in [6, 6.07) is 2.24. The van der Waals surface area contributed by atoms with Crippen molar-refractivity contribution in [1.29, 1.82) is 5.26 Å². The Morgan fingerprint density at radius 2 is 1.64 bits per heavy atom. The zero-order chi connectivity index (χ0) is 18.4. The molecule has 1 aromatic heterocycles. The molecular formula is C17H24ClN7. The van der Waals surface area contributed by atoms with Crippen LogP contribution in [0.15, 0.2) is 0 Å². The Balaban J connectivity index is 2.70. The normalized spacial score (nSPS) is 10.6. The van der Waals surface area contributed by atoms with Crippen molar-refractivity contribution in [3.63, 3.8) is 0 Å². The molecular weight excluding hydrogens is 338 g/mol. The molecule has 0 aliphatic heterocycles. The number of nitrogens with one attached hydrogen (secondary N) is 2. The predicted molar refractivity (Wildman–Crippen MR) is 105 cm³/mol. The number of benzene rings is 1. The average Bonchev–Trinajstić information content (AvgIpc) is 2.58. The number of nitrogen functional groups attached to an aromatic ring is 2. The quantitative estimate of drug-likeness (QED) is 0.527. The number of nitrogens with zero attached hydrogens (tertiary/aromatic N) is 3. The van der Waals surface area contributed by atoms with Gasteiger partial charge in [-0.1, -0.05) is 38.3 Å². The minimum Gasteiger partial charge on any atom is -0.383 e. The third-order valence-corrected chi connectivity index (χ3v) is 4.28. The predicted octanol–water partition coefficient (Wildman–Crippen LogP) is 3.74. The maximum Gasteiger partial charge on any atom is 0.222 e. The number of fused-ring (bicyclic) bond motifs is 1. The molecule has 1 aromatic carbocycles. The summed E-state index contributed by atoms with van der Waals surface area (Å²) in [5, 5.41) is 17.2. The van der Waals surface area contributed by atoms with E-state index in [1.165, 1.54) is 0 Å². The van der Waals surface area contributed by atoms with E-state index in [1.807, 2.05) is 0 Å². The molecule has 7 nitrogen and oxygen atoms in total. The highest BCUT2D eigenvalue weighted by atomic mass is 35.5. The van der Waals surface area contributed by atoms with Gasteiger partial charge < -0.3 is 22.1 Å². The van der Waals surface area contributed by atoms with Gasteiger partial charge in [-0.05, 0) is 12.8 Å². The van der Waals surface area contributed by atoms with Crippen molar-refractivity contribution in [1.82, 2.24) is 9.97 Å². The Kier molecular flexibility index (Phi) is 6.48. The molecule has 0 atom stereocenters. The molecule has 0 spiro atoms. The molecule has 2 rings (SSSR count). The van der Waals surface area contributed by atoms with Crippen LogP contribution in [0.25, 0.3) is 10.9 Å². The molecule has 0 unspecified atom stereocenters. The van der Waals surface area contributed by atoms with Crippen LogP contribution in [0, 0.1) is 11.3 Å². The number of nitriles is 1. The van der Waals surface area contributed by atoms with E-state index in [2.05, 4.69) is 40.5 Å². The molecule has 134 valence electrons. The van der Waals surface area contributed by atoms with Crippen LogP contribution in [0.2, 0.25) is 5.02 Å². The minimum atomic E-state index is 0.0515. The van der Waals surface area contributed by atoms with Gasteiger partial charge in [0.1, 0.15) is 23.0 Å². The maximum atomic E-state index is 9.75. The van der Waals surface area contributed by atoms with Gasteiger partial charge in [-0.2, -0.15) is 10.2 Å². The summed E-state index contributed by atoms with van der Waals surface area (Å²) < 4.78 is 0. The highest BCUT2D eigenvalue weighted by Crippen LogP contribution is 2.42. The van der Waals surface area contributed by atoms with Gasteiger partial charge in [0.2, 0.25) is 5.95 Å². The van der Waals surface area contributed by atoms with Crippen molar-refractivity contribution in [3.8, 4) is 6.07 Å². The van der Waals surface area contributed by atoms with Crippen LogP contribution in [0.1, 0.15) is 45.1 Å². The number of nitrogens with two attached hydrogens (primary N) is 2. The fourth-order valence-electron chi connectivity index (χ4n) is 2.61. The number of rotatable bonds is 8. The highest BCUT2D eigenvalue weighted by molar-refractivity contribution is 6.39. The first-order valence-electron chi connectivity index (χ1n) is 8.51. The van der Waals surface area contributed by atoms with E-state index >= 15 is 0 Å². The zero-order valence-electron chi connectivity index (χ0n) is 14.6. The Morgan fingerprint density at radius 1 is 1.04 bits per heavy atom. The molecule has 0 saturated heterocycles. The molecule has 25 heavy (non-hydrogen) atoms. The first-order chi connectivity index (χ1) is 12.0. The molecule has 0 radical (unpaired) electrons. The average molecular weight is 362 g/mol. The summed E-state index contributed by atoms with van der Waals surface area (Å²) in [5.41, 5.74) is 13.8. The van der Waals surface area contributed by atoms with Gasteiger partial charge in [0.05, 0.1) is 21.8 Å². The molecule has 0 saturated carbocycles. The number of halogens is 1. The Bertz CT molecular complexity index is 798. The van der Waals surface area contributed by atoms with Crippen LogP contribution in [-0.2, 0) is 0 Å². The van der Waals surface area contributed by atoms with Crippen LogP contribution in [0.4, 0.5) is 23.1 Å². The summed E-state index contributed by atoms with van der Waals surface area (Å²) in [6.07, 6.45) is 3.99. The van der Waals surface area contributed by atoms with Gasteiger partial charge in [0.25, 0.3) is 0 Å². The first kappa shape index (κ1) is 18.9. The summed E-state index contributed by atoms with van der Waals surface area (Å²) >= 11 is 6.54. The van der Waals surface area contributed by atoms with E-state index in [0.717, 1.165) is 25.7 Å². The van der Waals surface area contributed by atoms with Gasteiger partial charge in [0.15, 0.2) is 0 Å². The number of hydrogen-bond donors (Lipinski definition) is 4. The number of aromatic nitrogens is 2. The van der Waals surface area contributed by atoms with E-state index in [1.54, 1.807) is 0 Å². The molecule has 0 fully saturated rings. The number of unbranched alkanes of at least 4 members (excludes halogenated alkanes) is 2. The van der Waals surface area contributed by atoms with Crippen LogP contribution in [0.5, 0.6) is 0 Å². The molecule has 0 amide bonds. The van der Waals surface area contributed by atoms with Crippen LogP contribution in [-0.4, -0.2) is 23.1 Å².